The van der Waals surface area contributed by atoms with E-state index in [1.54, 1.807) is 11.1 Å². The van der Waals surface area contributed by atoms with Gasteiger partial charge in [0.05, 0.1) is 45.8 Å². The van der Waals surface area contributed by atoms with Crippen LogP contribution >= 0.6 is 0 Å². The number of unbranched alkanes of at least 4 members (excludes halogenated alkanes) is 6. The Morgan fingerprint density at radius 1 is 0.400 bits per heavy atom. The Bertz CT molecular complexity index is 562. The molecule has 204 valence electrons. The number of benzene rings is 1. The molecule has 0 N–H and O–H groups in total. The largest absolute Gasteiger partial charge is 0.323 e. The predicted octanol–water partition coefficient (Wildman–Crippen LogP) is 9.16. The minimum absolute atomic E-state index is 1.23. The van der Waals surface area contributed by atoms with Gasteiger partial charge in [0.15, 0.2) is 0 Å². The molecule has 0 fully saturated rings. The second-order valence-electron chi connectivity index (χ2n) is 11.6. The van der Waals surface area contributed by atoms with E-state index >= 15 is 0 Å². The van der Waals surface area contributed by atoms with Gasteiger partial charge in [-0.2, -0.15) is 0 Å². The van der Waals surface area contributed by atoms with E-state index in [4.69, 9.17) is 0 Å². The summed E-state index contributed by atoms with van der Waals surface area (Å²) in [6.45, 7) is 24.8. The Morgan fingerprint density at radius 2 is 0.714 bits per heavy atom. The molecule has 35 heavy (non-hydrogen) atoms. The van der Waals surface area contributed by atoms with Crippen LogP contribution in [-0.2, 0) is 13.0 Å². The molecule has 2 nitrogen and oxygen atoms in total. The summed E-state index contributed by atoms with van der Waals surface area (Å²) in [5.41, 5.74) is 3.11. The third kappa shape index (κ3) is 12.8. The van der Waals surface area contributed by atoms with E-state index in [0.717, 1.165) is 0 Å². The molecule has 0 atom stereocenters. The maximum atomic E-state index is 2.48. The van der Waals surface area contributed by atoms with Crippen molar-refractivity contribution in [3.8, 4) is 0 Å². The van der Waals surface area contributed by atoms with Crippen molar-refractivity contribution < 1.29 is 8.97 Å². The van der Waals surface area contributed by atoms with Gasteiger partial charge in [-0.05, 0) is 44.1 Å². The summed E-state index contributed by atoms with van der Waals surface area (Å²) in [6, 6.07) is 9.89. The summed E-state index contributed by atoms with van der Waals surface area (Å²) < 4.78 is 2.66. The molecule has 0 saturated heterocycles. The zero-order valence-corrected chi connectivity index (χ0v) is 25.1. The van der Waals surface area contributed by atoms with E-state index in [0.29, 0.717) is 0 Å². The summed E-state index contributed by atoms with van der Waals surface area (Å²) in [5, 5.41) is 0. The summed E-state index contributed by atoms with van der Waals surface area (Å²) in [4.78, 5) is 0. The van der Waals surface area contributed by atoms with Crippen molar-refractivity contribution in [2.45, 2.75) is 132 Å². The highest BCUT2D eigenvalue weighted by molar-refractivity contribution is 5.22. The molecule has 0 unspecified atom stereocenters. The first-order valence-corrected chi connectivity index (χ1v) is 15.8. The van der Waals surface area contributed by atoms with Crippen molar-refractivity contribution >= 4 is 0 Å². The van der Waals surface area contributed by atoms with Crippen molar-refractivity contribution in [2.24, 2.45) is 0 Å². The number of hydrogen-bond acceptors (Lipinski definition) is 0. The molecule has 1 aromatic rings. The van der Waals surface area contributed by atoms with Crippen molar-refractivity contribution in [1.82, 2.24) is 0 Å². The van der Waals surface area contributed by atoms with Gasteiger partial charge < -0.3 is 8.97 Å². The first-order valence-electron chi connectivity index (χ1n) is 15.8. The topological polar surface area (TPSA) is 0 Å². The lowest BCUT2D eigenvalue weighted by atomic mass is 10.0. The van der Waals surface area contributed by atoms with Crippen LogP contribution in [0.1, 0.15) is 130 Å². The quantitative estimate of drug-likeness (QED) is 0.135. The Kier molecular flexibility index (Phi) is 17.7. The normalized spacial score (nSPS) is 12.4. The molecular formula is C33H64N2+2. The lowest BCUT2D eigenvalue weighted by Gasteiger charge is -2.40. The maximum Gasteiger partial charge on any atom is 0.104 e. The van der Waals surface area contributed by atoms with E-state index in [9.17, 15) is 0 Å². The van der Waals surface area contributed by atoms with Gasteiger partial charge in [-0.25, -0.2) is 0 Å². The van der Waals surface area contributed by atoms with Gasteiger partial charge >= 0.3 is 0 Å². The summed E-state index contributed by atoms with van der Waals surface area (Å²) in [7, 11) is 0. The Morgan fingerprint density at radius 3 is 1.06 bits per heavy atom. The number of hydrogen-bond donors (Lipinski definition) is 0. The third-order valence-corrected chi connectivity index (χ3v) is 8.33. The molecule has 0 aromatic heterocycles. The molecule has 2 heteroatoms. The molecule has 0 bridgehead atoms. The van der Waals surface area contributed by atoms with E-state index in [2.05, 4.69) is 65.8 Å². The second kappa shape index (κ2) is 19.3. The molecule has 0 radical (unpaired) electrons. The standard InChI is InChI=1S/C33H64N2/c1-7-13-24-34(25-14-8-2,26-15-9-3)30-23-32-19-21-33(22-20-32)31-35(27-16-10-4,28-17-11-5)29-18-12-6/h19-22H,7-18,23-31H2,1-6H3/q+2. The van der Waals surface area contributed by atoms with Crippen molar-refractivity contribution in [2.75, 3.05) is 45.8 Å². The number of rotatable bonds is 23. The predicted molar refractivity (Wildman–Crippen MR) is 158 cm³/mol. The fraction of sp³-hybridized carbons (Fsp3) is 0.818. The highest BCUT2D eigenvalue weighted by Crippen LogP contribution is 2.22. The maximum absolute atomic E-state index is 2.48. The van der Waals surface area contributed by atoms with Crippen LogP contribution in [0.15, 0.2) is 24.3 Å². The SMILES string of the molecule is CCCC[N+](CCCC)(CCCC)CCc1ccc(C[N+](CCCC)(CCCC)CCCC)cc1. The average Bonchev–Trinajstić information content (AvgIpc) is 2.89. The van der Waals surface area contributed by atoms with Crippen LogP contribution < -0.4 is 0 Å². The highest BCUT2D eigenvalue weighted by atomic mass is 15.4. The molecule has 1 rings (SSSR count). The summed E-state index contributed by atoms with van der Waals surface area (Å²) >= 11 is 0. The van der Waals surface area contributed by atoms with Crippen LogP contribution in [0.25, 0.3) is 0 Å². The molecule has 0 amide bonds. The van der Waals surface area contributed by atoms with Crippen LogP contribution in [0, 0.1) is 0 Å². The highest BCUT2D eigenvalue weighted by Gasteiger charge is 2.27. The molecule has 1 aromatic carbocycles. The Labute approximate surface area is 221 Å². The van der Waals surface area contributed by atoms with Gasteiger partial charge in [-0.3, -0.25) is 0 Å². The number of quaternary nitrogens is 2. The van der Waals surface area contributed by atoms with Crippen molar-refractivity contribution in [3.63, 3.8) is 0 Å². The third-order valence-electron chi connectivity index (χ3n) is 8.33. The molecule has 0 aliphatic carbocycles. The lowest BCUT2D eigenvalue weighted by Crippen LogP contribution is -2.51. The molecule has 0 aliphatic rings. The van der Waals surface area contributed by atoms with E-state index in [1.807, 2.05) is 0 Å². The fourth-order valence-electron chi connectivity index (χ4n) is 5.77. The van der Waals surface area contributed by atoms with Gasteiger partial charge in [-0.1, -0.05) is 104 Å². The Hall–Kier alpha value is -0.860. The van der Waals surface area contributed by atoms with Gasteiger partial charge in [0.25, 0.3) is 0 Å². The molecular weight excluding hydrogens is 424 g/mol. The second-order valence-corrected chi connectivity index (χ2v) is 11.6. The zero-order valence-electron chi connectivity index (χ0n) is 25.1. The number of nitrogens with zero attached hydrogens (tertiary/aromatic N) is 2. The van der Waals surface area contributed by atoms with Gasteiger partial charge in [-0.15, -0.1) is 0 Å². The molecule has 0 heterocycles. The first-order chi connectivity index (χ1) is 17.0. The van der Waals surface area contributed by atoms with Gasteiger partial charge in [0.2, 0.25) is 0 Å². The Balaban J connectivity index is 2.94. The molecule has 0 aliphatic heterocycles. The van der Waals surface area contributed by atoms with E-state index in [1.165, 1.54) is 145 Å². The minimum atomic E-state index is 1.23. The van der Waals surface area contributed by atoms with Crippen molar-refractivity contribution in [3.05, 3.63) is 35.4 Å². The first kappa shape index (κ1) is 32.2. The van der Waals surface area contributed by atoms with Gasteiger partial charge in [0, 0.05) is 12.0 Å². The van der Waals surface area contributed by atoms with E-state index < -0.39 is 0 Å². The summed E-state index contributed by atoms with van der Waals surface area (Å²) in [5.74, 6) is 0. The molecule has 0 saturated carbocycles. The molecule has 0 spiro atoms. The average molecular weight is 489 g/mol. The van der Waals surface area contributed by atoms with Crippen molar-refractivity contribution in [1.29, 1.82) is 0 Å². The van der Waals surface area contributed by atoms with Crippen LogP contribution in [0.3, 0.4) is 0 Å². The van der Waals surface area contributed by atoms with Crippen LogP contribution in [0.4, 0.5) is 0 Å². The van der Waals surface area contributed by atoms with Crippen LogP contribution in [0.5, 0.6) is 0 Å². The van der Waals surface area contributed by atoms with Crippen LogP contribution in [-0.4, -0.2) is 54.8 Å². The van der Waals surface area contributed by atoms with E-state index in [-0.39, 0.29) is 0 Å². The zero-order chi connectivity index (χ0) is 25.8. The monoisotopic (exact) mass is 489 g/mol. The fourth-order valence-corrected chi connectivity index (χ4v) is 5.77. The minimum Gasteiger partial charge on any atom is -0.323 e. The van der Waals surface area contributed by atoms with Crippen LogP contribution in [0.2, 0.25) is 0 Å². The van der Waals surface area contributed by atoms with Gasteiger partial charge in [0.1, 0.15) is 6.54 Å². The smallest absolute Gasteiger partial charge is 0.104 e. The lowest BCUT2D eigenvalue weighted by molar-refractivity contribution is -0.941. The summed E-state index contributed by atoms with van der Waals surface area (Å²) in [6.07, 6.45) is 17.3.